The van der Waals surface area contributed by atoms with E-state index in [0.29, 0.717) is 11.3 Å². The van der Waals surface area contributed by atoms with E-state index < -0.39 is 17.7 Å². The minimum Gasteiger partial charge on any atom is -0.507 e. The van der Waals surface area contributed by atoms with E-state index in [1.54, 1.807) is 41.3 Å². The van der Waals surface area contributed by atoms with E-state index in [9.17, 15) is 14.7 Å². The van der Waals surface area contributed by atoms with Crippen molar-refractivity contribution in [3.63, 3.8) is 0 Å². The first-order chi connectivity index (χ1) is 16.1. The Balaban J connectivity index is 1.42. The molecule has 1 amide bonds. The number of piperidine rings is 1. The maximum absolute atomic E-state index is 13.2. The van der Waals surface area contributed by atoms with Crippen molar-refractivity contribution < 1.29 is 19.1 Å². The molecule has 2 aliphatic heterocycles. The summed E-state index contributed by atoms with van der Waals surface area (Å²) in [4.78, 5) is 30.3. The van der Waals surface area contributed by atoms with E-state index in [1.807, 2.05) is 24.3 Å². The number of hydrogen-bond donors (Lipinski definition) is 1. The number of rotatable bonds is 5. The van der Waals surface area contributed by atoms with Crippen LogP contribution in [0.25, 0.3) is 5.76 Å². The van der Waals surface area contributed by atoms with Crippen LogP contribution in [-0.4, -0.2) is 45.7 Å². The van der Waals surface area contributed by atoms with Gasteiger partial charge in [-0.25, -0.2) is 0 Å². The van der Waals surface area contributed by atoms with Gasteiger partial charge in [0, 0.05) is 31.2 Å². The molecular weight excluding hydrogens is 416 g/mol. The zero-order valence-electron chi connectivity index (χ0n) is 18.3. The number of aliphatic hydroxyl groups is 1. The van der Waals surface area contributed by atoms with Crippen LogP contribution in [0.1, 0.15) is 35.8 Å². The Labute approximate surface area is 192 Å². The van der Waals surface area contributed by atoms with Crippen molar-refractivity contribution in [1.82, 2.24) is 9.80 Å². The molecule has 1 N–H and O–H groups in total. The van der Waals surface area contributed by atoms with Crippen molar-refractivity contribution >= 4 is 17.4 Å². The second kappa shape index (κ2) is 9.08. The molecular formula is C27H26N2O4. The highest BCUT2D eigenvalue weighted by molar-refractivity contribution is 6.46. The summed E-state index contributed by atoms with van der Waals surface area (Å²) in [6.45, 7) is 2.51. The lowest BCUT2D eigenvalue weighted by Crippen LogP contribution is -2.46. The standard InChI is InChI=1S/C27H26N2O4/c30-25(20-10-5-2-6-11-20)23-24(22-12-7-17-33-22)29(27(32)26(23)31)21-13-15-28(16-14-21)18-19-8-3-1-4-9-19/h1-12,17,21,24,30H,13-16,18H2/b25-23-. The number of ketones is 1. The van der Waals surface area contributed by atoms with Crippen LogP contribution in [0.5, 0.6) is 0 Å². The summed E-state index contributed by atoms with van der Waals surface area (Å²) in [5, 5.41) is 11.0. The Morgan fingerprint density at radius 2 is 1.58 bits per heavy atom. The molecule has 2 aliphatic rings. The molecule has 1 atom stereocenters. The number of likely N-dealkylation sites (tertiary alicyclic amines) is 2. The van der Waals surface area contributed by atoms with E-state index >= 15 is 0 Å². The third-order valence-electron chi connectivity index (χ3n) is 6.54. The van der Waals surface area contributed by atoms with Crippen LogP contribution in [0.3, 0.4) is 0 Å². The summed E-state index contributed by atoms with van der Waals surface area (Å²) in [5.74, 6) is -0.919. The number of furan rings is 1. The number of Topliss-reactive ketones (excluding diaryl/α,β-unsaturated/α-hetero) is 1. The molecule has 6 nitrogen and oxygen atoms in total. The van der Waals surface area contributed by atoms with Crippen LogP contribution in [0.4, 0.5) is 0 Å². The minimum atomic E-state index is -0.731. The van der Waals surface area contributed by atoms with Crippen molar-refractivity contribution in [2.24, 2.45) is 0 Å². The van der Waals surface area contributed by atoms with Crippen molar-refractivity contribution in [1.29, 1.82) is 0 Å². The third-order valence-corrected chi connectivity index (χ3v) is 6.54. The summed E-state index contributed by atoms with van der Waals surface area (Å²) in [5.41, 5.74) is 1.85. The quantitative estimate of drug-likeness (QED) is 0.361. The fraction of sp³-hybridized carbons (Fsp3) is 0.259. The molecule has 2 fully saturated rings. The molecule has 1 unspecified atom stereocenters. The van der Waals surface area contributed by atoms with Crippen molar-refractivity contribution in [2.45, 2.75) is 31.5 Å². The molecule has 0 saturated carbocycles. The molecule has 0 radical (unpaired) electrons. The van der Waals surface area contributed by atoms with Gasteiger partial charge in [0.25, 0.3) is 11.7 Å². The fourth-order valence-corrected chi connectivity index (χ4v) is 4.90. The van der Waals surface area contributed by atoms with Gasteiger partial charge in [0.15, 0.2) is 0 Å². The number of carbonyl (C=O) groups excluding carboxylic acids is 2. The van der Waals surface area contributed by atoms with Crippen LogP contribution in [0.2, 0.25) is 0 Å². The van der Waals surface area contributed by atoms with Gasteiger partial charge in [0.2, 0.25) is 0 Å². The number of carbonyl (C=O) groups is 2. The second-order valence-electron chi connectivity index (χ2n) is 8.58. The lowest BCUT2D eigenvalue weighted by molar-refractivity contribution is -0.142. The Hall–Kier alpha value is -3.64. The summed E-state index contributed by atoms with van der Waals surface area (Å²) in [7, 11) is 0. The molecule has 1 aromatic heterocycles. The van der Waals surface area contributed by atoms with Gasteiger partial charge in [-0.1, -0.05) is 60.7 Å². The number of amides is 1. The Morgan fingerprint density at radius 1 is 0.909 bits per heavy atom. The average molecular weight is 443 g/mol. The second-order valence-corrected chi connectivity index (χ2v) is 8.58. The lowest BCUT2D eigenvalue weighted by Gasteiger charge is -2.38. The predicted molar refractivity (Wildman–Crippen MR) is 124 cm³/mol. The molecule has 6 heteroatoms. The molecule has 2 aromatic carbocycles. The summed E-state index contributed by atoms with van der Waals surface area (Å²) >= 11 is 0. The van der Waals surface area contributed by atoms with E-state index in [0.717, 1.165) is 32.5 Å². The Bertz CT molecular complexity index is 1150. The fourth-order valence-electron chi connectivity index (χ4n) is 4.90. The zero-order chi connectivity index (χ0) is 22.8. The van der Waals surface area contributed by atoms with Gasteiger partial charge in [-0.3, -0.25) is 14.5 Å². The molecule has 168 valence electrons. The van der Waals surface area contributed by atoms with Crippen molar-refractivity contribution in [3.8, 4) is 0 Å². The number of aliphatic hydroxyl groups excluding tert-OH is 1. The summed E-state index contributed by atoms with van der Waals surface area (Å²) in [6, 6.07) is 21.8. The first-order valence-corrected chi connectivity index (χ1v) is 11.3. The monoisotopic (exact) mass is 442 g/mol. The minimum absolute atomic E-state index is 0.0906. The van der Waals surface area contributed by atoms with Gasteiger partial charge in [-0.2, -0.15) is 0 Å². The SMILES string of the molecule is O=C1C(=O)N(C2CCN(Cc3ccccc3)CC2)C(c2ccco2)/C1=C(/O)c1ccccc1. The van der Waals surface area contributed by atoms with Crippen LogP contribution >= 0.6 is 0 Å². The molecule has 3 heterocycles. The molecule has 33 heavy (non-hydrogen) atoms. The number of benzene rings is 2. The molecule has 2 saturated heterocycles. The maximum atomic E-state index is 13.2. The Kier molecular flexibility index (Phi) is 5.84. The molecule has 5 rings (SSSR count). The van der Waals surface area contributed by atoms with Gasteiger partial charge in [-0.05, 0) is 30.5 Å². The summed E-state index contributed by atoms with van der Waals surface area (Å²) in [6.07, 6.45) is 3.03. The van der Waals surface area contributed by atoms with Crippen LogP contribution in [0.15, 0.2) is 89.0 Å². The first kappa shape index (κ1) is 21.2. The van der Waals surface area contributed by atoms with Gasteiger partial charge in [-0.15, -0.1) is 0 Å². The number of nitrogens with zero attached hydrogens (tertiary/aromatic N) is 2. The van der Waals surface area contributed by atoms with E-state index in [1.165, 1.54) is 11.8 Å². The van der Waals surface area contributed by atoms with E-state index in [2.05, 4.69) is 17.0 Å². The van der Waals surface area contributed by atoms with E-state index in [-0.39, 0.29) is 17.4 Å². The first-order valence-electron chi connectivity index (χ1n) is 11.3. The molecule has 0 bridgehead atoms. The van der Waals surface area contributed by atoms with Crippen molar-refractivity contribution in [2.75, 3.05) is 13.1 Å². The van der Waals surface area contributed by atoms with Gasteiger partial charge < -0.3 is 14.4 Å². The van der Waals surface area contributed by atoms with Crippen LogP contribution in [-0.2, 0) is 16.1 Å². The lowest BCUT2D eigenvalue weighted by atomic mass is 9.97. The zero-order valence-corrected chi connectivity index (χ0v) is 18.3. The van der Waals surface area contributed by atoms with Crippen LogP contribution < -0.4 is 0 Å². The Morgan fingerprint density at radius 3 is 2.21 bits per heavy atom. The van der Waals surface area contributed by atoms with Crippen molar-refractivity contribution in [3.05, 3.63) is 102 Å². The van der Waals surface area contributed by atoms with Gasteiger partial charge in [0.05, 0.1) is 11.8 Å². The number of hydrogen-bond acceptors (Lipinski definition) is 5. The molecule has 0 spiro atoms. The summed E-state index contributed by atoms with van der Waals surface area (Å²) < 4.78 is 5.65. The topological polar surface area (TPSA) is 74.0 Å². The van der Waals surface area contributed by atoms with Gasteiger partial charge in [0.1, 0.15) is 17.6 Å². The highest BCUT2D eigenvalue weighted by atomic mass is 16.3. The smallest absolute Gasteiger partial charge is 0.296 e. The third kappa shape index (κ3) is 4.10. The highest BCUT2D eigenvalue weighted by Crippen LogP contribution is 2.42. The molecule has 0 aliphatic carbocycles. The maximum Gasteiger partial charge on any atom is 0.296 e. The van der Waals surface area contributed by atoms with Gasteiger partial charge >= 0.3 is 0 Å². The van der Waals surface area contributed by atoms with E-state index in [4.69, 9.17) is 4.42 Å². The average Bonchev–Trinajstić information content (AvgIpc) is 3.47. The highest BCUT2D eigenvalue weighted by Gasteiger charge is 2.50. The largest absolute Gasteiger partial charge is 0.507 e. The molecule has 3 aromatic rings. The van der Waals surface area contributed by atoms with Crippen LogP contribution in [0, 0.1) is 0 Å². The normalized spacial score (nSPS) is 21.6. The predicted octanol–water partition coefficient (Wildman–Crippen LogP) is 4.37.